The second-order valence-corrected chi connectivity index (χ2v) is 4.60. The second-order valence-electron chi connectivity index (χ2n) is 4.60. The Morgan fingerprint density at radius 2 is 2.12 bits per heavy atom. The Hall–Kier alpha value is -1.55. The Morgan fingerprint density at radius 1 is 1.41 bits per heavy atom. The molecule has 0 heterocycles. The molecule has 1 atom stereocenters. The van der Waals surface area contributed by atoms with Crippen molar-refractivity contribution in [1.82, 2.24) is 5.32 Å². The smallest absolute Gasteiger partial charge is 0.170 e. The molecule has 17 heavy (non-hydrogen) atoms. The largest absolute Gasteiger partial charge is 0.409 e. The summed E-state index contributed by atoms with van der Waals surface area (Å²) in [4.78, 5) is 0. The van der Waals surface area contributed by atoms with Gasteiger partial charge in [-0.1, -0.05) is 37.2 Å². The molecule has 0 fully saturated rings. The Bertz CT molecular complexity index is 388. The summed E-state index contributed by atoms with van der Waals surface area (Å²) in [5, 5.41) is 15.1. The molecule has 0 aromatic heterocycles. The standard InChI is InChI=1S/C13H21N3O/c1-9(2)10(3)15-8-11-5-4-6-12(7-11)13(14)16-17/h4-7,9-10,15,17H,8H2,1-3H3,(H2,14,16). The van der Waals surface area contributed by atoms with Crippen molar-refractivity contribution in [2.75, 3.05) is 0 Å². The highest BCUT2D eigenvalue weighted by Crippen LogP contribution is 2.07. The highest BCUT2D eigenvalue weighted by atomic mass is 16.4. The molecular weight excluding hydrogens is 214 g/mol. The van der Waals surface area contributed by atoms with Gasteiger partial charge in [-0.2, -0.15) is 0 Å². The Kier molecular flexibility index (Phi) is 4.97. The molecule has 0 saturated heterocycles. The molecule has 4 N–H and O–H groups in total. The van der Waals surface area contributed by atoms with E-state index in [1.807, 2.05) is 24.3 Å². The minimum Gasteiger partial charge on any atom is -0.409 e. The minimum absolute atomic E-state index is 0.142. The summed E-state index contributed by atoms with van der Waals surface area (Å²) in [5.74, 6) is 0.742. The lowest BCUT2D eigenvalue weighted by atomic mass is 10.1. The monoisotopic (exact) mass is 235 g/mol. The number of benzene rings is 1. The highest BCUT2D eigenvalue weighted by molar-refractivity contribution is 5.97. The molecule has 0 spiro atoms. The van der Waals surface area contributed by atoms with Gasteiger partial charge in [0.1, 0.15) is 0 Å². The molecule has 0 bridgehead atoms. The van der Waals surface area contributed by atoms with Gasteiger partial charge in [-0.15, -0.1) is 0 Å². The Labute approximate surface area is 103 Å². The summed E-state index contributed by atoms with van der Waals surface area (Å²) in [5.41, 5.74) is 7.41. The van der Waals surface area contributed by atoms with Gasteiger partial charge in [0.05, 0.1) is 0 Å². The van der Waals surface area contributed by atoms with Crippen molar-refractivity contribution in [1.29, 1.82) is 0 Å². The van der Waals surface area contributed by atoms with Crippen LogP contribution in [0.4, 0.5) is 0 Å². The summed E-state index contributed by atoms with van der Waals surface area (Å²) in [6.45, 7) is 7.32. The third-order valence-electron chi connectivity index (χ3n) is 2.96. The molecule has 1 unspecified atom stereocenters. The van der Waals surface area contributed by atoms with Gasteiger partial charge in [0.15, 0.2) is 5.84 Å². The summed E-state index contributed by atoms with van der Waals surface area (Å²) in [6, 6.07) is 8.14. The number of amidine groups is 1. The molecule has 1 aromatic carbocycles. The van der Waals surface area contributed by atoms with E-state index in [1.165, 1.54) is 0 Å². The number of nitrogens with two attached hydrogens (primary N) is 1. The fourth-order valence-corrected chi connectivity index (χ4v) is 1.41. The zero-order chi connectivity index (χ0) is 12.8. The van der Waals surface area contributed by atoms with E-state index in [-0.39, 0.29) is 5.84 Å². The minimum atomic E-state index is 0.142. The SMILES string of the molecule is CC(C)C(C)NCc1cccc(C(N)=NO)c1. The molecule has 4 heteroatoms. The lowest BCUT2D eigenvalue weighted by Gasteiger charge is -2.17. The summed E-state index contributed by atoms with van der Waals surface area (Å²) in [6.07, 6.45) is 0. The molecule has 4 nitrogen and oxygen atoms in total. The third kappa shape index (κ3) is 4.07. The van der Waals surface area contributed by atoms with Crippen LogP contribution < -0.4 is 11.1 Å². The molecule has 1 rings (SSSR count). The van der Waals surface area contributed by atoms with Gasteiger partial charge in [0, 0.05) is 18.2 Å². The van der Waals surface area contributed by atoms with Crippen LogP contribution in [0, 0.1) is 5.92 Å². The summed E-state index contributed by atoms with van der Waals surface area (Å²) in [7, 11) is 0. The van der Waals surface area contributed by atoms with E-state index in [4.69, 9.17) is 10.9 Å². The average molecular weight is 235 g/mol. The van der Waals surface area contributed by atoms with Crippen LogP contribution in [0.25, 0.3) is 0 Å². The van der Waals surface area contributed by atoms with Crippen LogP contribution in [0.1, 0.15) is 31.9 Å². The van der Waals surface area contributed by atoms with Crippen LogP contribution in [0.15, 0.2) is 29.4 Å². The first-order valence-electron chi connectivity index (χ1n) is 5.84. The van der Waals surface area contributed by atoms with E-state index in [2.05, 4.69) is 31.2 Å². The highest BCUT2D eigenvalue weighted by Gasteiger charge is 2.06. The second kappa shape index (κ2) is 6.25. The van der Waals surface area contributed by atoms with E-state index < -0.39 is 0 Å². The van der Waals surface area contributed by atoms with Gasteiger partial charge in [-0.05, 0) is 24.5 Å². The van der Waals surface area contributed by atoms with Gasteiger partial charge >= 0.3 is 0 Å². The van der Waals surface area contributed by atoms with E-state index in [0.29, 0.717) is 12.0 Å². The van der Waals surface area contributed by atoms with Crippen molar-refractivity contribution in [2.45, 2.75) is 33.4 Å². The van der Waals surface area contributed by atoms with Crippen molar-refractivity contribution >= 4 is 5.84 Å². The van der Waals surface area contributed by atoms with Crippen molar-refractivity contribution in [3.63, 3.8) is 0 Å². The molecule has 0 amide bonds. The van der Waals surface area contributed by atoms with Gasteiger partial charge in [-0.25, -0.2) is 0 Å². The average Bonchev–Trinajstić information content (AvgIpc) is 2.35. The number of nitrogens with zero attached hydrogens (tertiary/aromatic N) is 1. The van der Waals surface area contributed by atoms with Crippen molar-refractivity contribution in [2.24, 2.45) is 16.8 Å². The first-order valence-corrected chi connectivity index (χ1v) is 5.84. The molecule has 0 saturated carbocycles. The van der Waals surface area contributed by atoms with Crippen LogP contribution in [0.5, 0.6) is 0 Å². The maximum absolute atomic E-state index is 8.62. The first kappa shape index (κ1) is 13.5. The number of oxime groups is 1. The third-order valence-corrected chi connectivity index (χ3v) is 2.96. The maximum Gasteiger partial charge on any atom is 0.170 e. The Balaban J connectivity index is 2.66. The molecule has 0 aliphatic heterocycles. The van der Waals surface area contributed by atoms with E-state index in [1.54, 1.807) is 0 Å². The zero-order valence-electron chi connectivity index (χ0n) is 10.6. The van der Waals surface area contributed by atoms with Crippen LogP contribution in [-0.4, -0.2) is 17.1 Å². The van der Waals surface area contributed by atoms with Crippen LogP contribution in [0.3, 0.4) is 0 Å². The number of hydrogen-bond acceptors (Lipinski definition) is 3. The molecule has 94 valence electrons. The van der Waals surface area contributed by atoms with Crippen molar-refractivity contribution in [3.05, 3.63) is 35.4 Å². The van der Waals surface area contributed by atoms with Gasteiger partial charge < -0.3 is 16.3 Å². The normalized spacial score (nSPS) is 14.0. The molecule has 1 aromatic rings. The van der Waals surface area contributed by atoms with Crippen LogP contribution in [-0.2, 0) is 6.54 Å². The number of rotatable bonds is 5. The van der Waals surface area contributed by atoms with Gasteiger partial charge in [-0.3, -0.25) is 0 Å². The predicted molar refractivity (Wildman–Crippen MR) is 70.1 cm³/mol. The van der Waals surface area contributed by atoms with E-state index >= 15 is 0 Å². The molecular formula is C13H21N3O. The fraction of sp³-hybridized carbons (Fsp3) is 0.462. The lowest BCUT2D eigenvalue weighted by Crippen LogP contribution is -2.30. The first-order chi connectivity index (χ1) is 8.04. The van der Waals surface area contributed by atoms with Gasteiger partial charge in [0.25, 0.3) is 0 Å². The van der Waals surface area contributed by atoms with Gasteiger partial charge in [0.2, 0.25) is 0 Å². The summed E-state index contributed by atoms with van der Waals surface area (Å²) < 4.78 is 0. The molecule has 0 aliphatic carbocycles. The topological polar surface area (TPSA) is 70.6 Å². The van der Waals surface area contributed by atoms with E-state index in [0.717, 1.165) is 17.7 Å². The quantitative estimate of drug-likeness (QED) is 0.316. The maximum atomic E-state index is 8.62. The Morgan fingerprint density at radius 3 is 2.71 bits per heavy atom. The van der Waals surface area contributed by atoms with Crippen LogP contribution >= 0.6 is 0 Å². The number of nitrogens with one attached hydrogen (secondary N) is 1. The summed E-state index contributed by atoms with van der Waals surface area (Å²) >= 11 is 0. The van der Waals surface area contributed by atoms with E-state index in [9.17, 15) is 0 Å². The van der Waals surface area contributed by atoms with Crippen LogP contribution in [0.2, 0.25) is 0 Å². The molecule has 0 radical (unpaired) electrons. The predicted octanol–water partition coefficient (Wildman–Crippen LogP) is 1.92. The lowest BCUT2D eigenvalue weighted by molar-refractivity contribution is 0.318. The van der Waals surface area contributed by atoms with Crippen molar-refractivity contribution in [3.8, 4) is 0 Å². The zero-order valence-corrected chi connectivity index (χ0v) is 10.6. The molecule has 0 aliphatic rings. The number of hydrogen-bond donors (Lipinski definition) is 3. The van der Waals surface area contributed by atoms with Crippen molar-refractivity contribution < 1.29 is 5.21 Å². The fourth-order valence-electron chi connectivity index (χ4n) is 1.41.